The lowest BCUT2D eigenvalue weighted by Crippen LogP contribution is -2.35. The molecule has 0 bridgehead atoms. The van der Waals surface area contributed by atoms with Crippen molar-refractivity contribution in [2.24, 2.45) is 11.3 Å². The Morgan fingerprint density at radius 2 is 2.00 bits per heavy atom. The molecule has 24 heavy (non-hydrogen) atoms. The first kappa shape index (κ1) is 15.7. The number of hydrogen-bond donors (Lipinski definition) is 1. The fourth-order valence-corrected chi connectivity index (χ4v) is 4.57. The molecule has 0 aromatic heterocycles. The van der Waals surface area contributed by atoms with Crippen molar-refractivity contribution in [1.29, 1.82) is 0 Å². The smallest absolute Gasteiger partial charge is 0.253 e. The minimum absolute atomic E-state index is 0.0404. The lowest BCUT2D eigenvalue weighted by molar-refractivity contribution is -0.126. The fourth-order valence-electron chi connectivity index (χ4n) is 4.57. The van der Waals surface area contributed by atoms with Crippen LogP contribution in [0.15, 0.2) is 24.3 Å². The quantitative estimate of drug-likeness (QED) is 0.924. The van der Waals surface area contributed by atoms with Gasteiger partial charge in [0.25, 0.3) is 5.91 Å². The van der Waals surface area contributed by atoms with E-state index in [1.165, 1.54) is 19.3 Å². The summed E-state index contributed by atoms with van der Waals surface area (Å²) in [5.74, 6) is 0.974. The van der Waals surface area contributed by atoms with E-state index in [1.54, 1.807) is 0 Å². The zero-order valence-electron chi connectivity index (χ0n) is 14.2. The van der Waals surface area contributed by atoms with Gasteiger partial charge in [0.15, 0.2) is 0 Å². The number of piperidine rings is 1. The summed E-state index contributed by atoms with van der Waals surface area (Å²) in [4.78, 5) is 27.0. The number of likely N-dealkylation sites (tertiary alicyclic amines) is 1. The molecule has 1 saturated heterocycles. The van der Waals surface area contributed by atoms with Gasteiger partial charge in [-0.15, -0.1) is 0 Å². The molecule has 0 unspecified atom stereocenters. The Labute approximate surface area is 143 Å². The van der Waals surface area contributed by atoms with Crippen LogP contribution in [0.25, 0.3) is 0 Å². The van der Waals surface area contributed by atoms with Crippen LogP contribution in [-0.2, 0) is 11.3 Å². The van der Waals surface area contributed by atoms with E-state index in [4.69, 9.17) is 0 Å². The fraction of sp³-hybridized carbons (Fsp3) is 0.600. The molecule has 4 rings (SSSR count). The predicted octanol–water partition coefficient (Wildman–Crippen LogP) is 3.12. The highest BCUT2D eigenvalue weighted by Gasteiger charge is 2.61. The van der Waals surface area contributed by atoms with Gasteiger partial charge in [0, 0.05) is 25.2 Å². The zero-order chi connectivity index (χ0) is 16.6. The van der Waals surface area contributed by atoms with E-state index in [1.807, 2.05) is 29.2 Å². The van der Waals surface area contributed by atoms with Gasteiger partial charge in [-0.3, -0.25) is 9.59 Å². The van der Waals surface area contributed by atoms with Crippen molar-refractivity contribution in [3.63, 3.8) is 0 Å². The first-order valence-corrected chi connectivity index (χ1v) is 9.36. The summed E-state index contributed by atoms with van der Waals surface area (Å²) in [6, 6.07) is 7.74. The third-order valence-electron chi connectivity index (χ3n) is 6.13. The molecule has 1 aliphatic heterocycles. The van der Waals surface area contributed by atoms with Crippen LogP contribution in [0.4, 0.5) is 0 Å². The number of nitrogens with one attached hydrogen (secondary N) is 1. The summed E-state index contributed by atoms with van der Waals surface area (Å²) in [6.07, 6.45) is 7.96. The highest BCUT2D eigenvalue weighted by Crippen LogP contribution is 2.63. The number of carbonyl (C=O) groups is 2. The van der Waals surface area contributed by atoms with Gasteiger partial charge in [-0.25, -0.2) is 0 Å². The highest BCUT2D eigenvalue weighted by molar-refractivity contribution is 5.94. The lowest BCUT2D eigenvalue weighted by atomic mass is 10.0. The molecule has 3 fully saturated rings. The van der Waals surface area contributed by atoms with Crippen LogP contribution < -0.4 is 5.32 Å². The third kappa shape index (κ3) is 2.83. The Hall–Kier alpha value is -1.84. The van der Waals surface area contributed by atoms with Crippen molar-refractivity contribution in [1.82, 2.24) is 10.2 Å². The molecule has 1 aromatic rings. The van der Waals surface area contributed by atoms with Crippen molar-refractivity contribution in [2.45, 2.75) is 51.5 Å². The standard InChI is InChI=1S/C20H26N2O2/c23-18(22-10-2-1-3-11-22)16-7-4-6-15(12-16)14-21-19(24)20-9-5-8-17(20)13-20/h4,6-7,12,17H,1-3,5,8-11,13-14H2,(H,21,24)/t17-,20-/m1/s1. The van der Waals surface area contributed by atoms with Crippen LogP contribution in [0.3, 0.4) is 0 Å². The SMILES string of the molecule is O=C(c1cccc(CNC(=O)[C@@]23CCC[C@@H]2C3)c1)N1CCCCC1. The maximum absolute atomic E-state index is 12.6. The molecule has 0 radical (unpaired) electrons. The molecule has 4 nitrogen and oxygen atoms in total. The molecule has 2 saturated carbocycles. The number of fused-ring (bicyclic) bond motifs is 1. The van der Waals surface area contributed by atoms with E-state index in [2.05, 4.69) is 5.32 Å². The number of carbonyl (C=O) groups excluding carboxylic acids is 2. The van der Waals surface area contributed by atoms with Crippen molar-refractivity contribution < 1.29 is 9.59 Å². The average Bonchev–Trinajstić information content (AvgIpc) is 3.21. The van der Waals surface area contributed by atoms with Crippen molar-refractivity contribution >= 4 is 11.8 Å². The van der Waals surface area contributed by atoms with Crippen molar-refractivity contribution in [3.8, 4) is 0 Å². The Morgan fingerprint density at radius 1 is 1.17 bits per heavy atom. The van der Waals surface area contributed by atoms with Gasteiger partial charge in [-0.05, 0) is 62.1 Å². The third-order valence-corrected chi connectivity index (χ3v) is 6.13. The molecule has 2 atom stereocenters. The second kappa shape index (κ2) is 6.23. The molecule has 0 spiro atoms. The molecular formula is C20H26N2O2. The van der Waals surface area contributed by atoms with Gasteiger partial charge >= 0.3 is 0 Å². The van der Waals surface area contributed by atoms with Gasteiger partial charge < -0.3 is 10.2 Å². The van der Waals surface area contributed by atoms with E-state index < -0.39 is 0 Å². The van der Waals surface area contributed by atoms with E-state index >= 15 is 0 Å². The minimum Gasteiger partial charge on any atom is -0.352 e. The molecule has 128 valence electrons. The number of benzene rings is 1. The topological polar surface area (TPSA) is 49.4 Å². The Morgan fingerprint density at radius 3 is 2.71 bits per heavy atom. The molecule has 2 aliphatic carbocycles. The van der Waals surface area contributed by atoms with E-state index in [-0.39, 0.29) is 17.2 Å². The Balaban J connectivity index is 1.37. The van der Waals surface area contributed by atoms with Gasteiger partial charge in [0.1, 0.15) is 0 Å². The maximum atomic E-state index is 12.6. The van der Waals surface area contributed by atoms with Crippen LogP contribution in [0.1, 0.15) is 60.9 Å². The average molecular weight is 326 g/mol. The zero-order valence-corrected chi connectivity index (χ0v) is 14.2. The second-order valence-corrected chi connectivity index (χ2v) is 7.69. The minimum atomic E-state index is -0.0404. The maximum Gasteiger partial charge on any atom is 0.253 e. The summed E-state index contributed by atoms with van der Waals surface area (Å²) < 4.78 is 0. The summed E-state index contributed by atoms with van der Waals surface area (Å²) in [5, 5.41) is 3.10. The first-order chi connectivity index (χ1) is 11.7. The summed E-state index contributed by atoms with van der Waals surface area (Å²) in [6.45, 7) is 2.25. The van der Waals surface area contributed by atoms with Crippen LogP contribution in [0.5, 0.6) is 0 Å². The van der Waals surface area contributed by atoms with Crippen LogP contribution >= 0.6 is 0 Å². The molecule has 2 amide bonds. The highest BCUT2D eigenvalue weighted by atomic mass is 16.2. The summed E-state index contributed by atoms with van der Waals surface area (Å²) in [5.41, 5.74) is 1.71. The normalized spacial score (nSPS) is 28.3. The first-order valence-electron chi connectivity index (χ1n) is 9.36. The Kier molecular flexibility index (Phi) is 4.07. The molecule has 1 aromatic carbocycles. The summed E-state index contributed by atoms with van der Waals surface area (Å²) >= 11 is 0. The second-order valence-electron chi connectivity index (χ2n) is 7.69. The monoisotopic (exact) mass is 326 g/mol. The number of rotatable bonds is 4. The van der Waals surface area contributed by atoms with Gasteiger partial charge in [0.2, 0.25) is 5.91 Å². The molecule has 3 aliphatic rings. The van der Waals surface area contributed by atoms with E-state index in [9.17, 15) is 9.59 Å². The van der Waals surface area contributed by atoms with E-state index in [0.717, 1.165) is 49.9 Å². The predicted molar refractivity (Wildman–Crippen MR) is 92.4 cm³/mol. The molecule has 1 heterocycles. The van der Waals surface area contributed by atoms with Crippen molar-refractivity contribution in [3.05, 3.63) is 35.4 Å². The Bertz CT molecular complexity index is 651. The van der Waals surface area contributed by atoms with Gasteiger partial charge in [0.05, 0.1) is 5.41 Å². The summed E-state index contributed by atoms with van der Waals surface area (Å²) in [7, 11) is 0. The lowest BCUT2D eigenvalue weighted by Gasteiger charge is -2.26. The molecule has 1 N–H and O–H groups in total. The largest absolute Gasteiger partial charge is 0.352 e. The number of hydrogen-bond acceptors (Lipinski definition) is 2. The van der Waals surface area contributed by atoms with E-state index in [0.29, 0.717) is 12.5 Å². The van der Waals surface area contributed by atoms with Gasteiger partial charge in [-0.1, -0.05) is 18.6 Å². The van der Waals surface area contributed by atoms with Crippen molar-refractivity contribution in [2.75, 3.05) is 13.1 Å². The van der Waals surface area contributed by atoms with Crippen LogP contribution in [0.2, 0.25) is 0 Å². The molecular weight excluding hydrogens is 300 g/mol. The molecule has 4 heteroatoms. The number of nitrogens with zero attached hydrogens (tertiary/aromatic N) is 1. The van der Waals surface area contributed by atoms with Crippen LogP contribution in [-0.4, -0.2) is 29.8 Å². The van der Waals surface area contributed by atoms with Crippen LogP contribution in [0, 0.1) is 11.3 Å². The van der Waals surface area contributed by atoms with Gasteiger partial charge in [-0.2, -0.15) is 0 Å². The number of amides is 2.